The number of carbonyl (C=O) groups is 1. The van der Waals surface area contributed by atoms with Crippen LogP contribution in [-0.2, 0) is 11.3 Å². The van der Waals surface area contributed by atoms with Gasteiger partial charge in [0, 0.05) is 18.6 Å². The third kappa shape index (κ3) is 3.27. The molecule has 0 fully saturated rings. The van der Waals surface area contributed by atoms with Crippen molar-refractivity contribution in [3.05, 3.63) is 35.4 Å². The number of alkyl halides is 2. The van der Waals surface area contributed by atoms with E-state index in [0.29, 0.717) is 13.0 Å². The maximum Gasteiger partial charge on any atom is 0.259 e. The van der Waals surface area contributed by atoms with E-state index in [0.717, 1.165) is 26.0 Å². The van der Waals surface area contributed by atoms with Gasteiger partial charge in [0.05, 0.1) is 6.54 Å². The summed E-state index contributed by atoms with van der Waals surface area (Å²) in [5.74, 6) is -6.42. The number of hydroxylamine groups is 2. The van der Waals surface area contributed by atoms with Crippen molar-refractivity contribution in [1.82, 2.24) is 5.06 Å². The molecule has 0 spiro atoms. The van der Waals surface area contributed by atoms with Crippen LogP contribution in [0.4, 0.5) is 17.6 Å². The first kappa shape index (κ1) is 16.4. The minimum atomic E-state index is -3.37. The van der Waals surface area contributed by atoms with Gasteiger partial charge in [-0.25, -0.2) is 22.6 Å². The van der Waals surface area contributed by atoms with Gasteiger partial charge in [-0.3, -0.25) is 10.0 Å². The summed E-state index contributed by atoms with van der Waals surface area (Å²) in [5.41, 5.74) is -2.34. The second-order valence-corrected chi connectivity index (χ2v) is 5.11. The Hall–Kier alpha value is -1.63. The smallest absolute Gasteiger partial charge is 0.259 e. The molecule has 0 heterocycles. The molecule has 0 aliphatic carbocycles. The van der Waals surface area contributed by atoms with Crippen LogP contribution in [0.5, 0.6) is 0 Å². The van der Waals surface area contributed by atoms with Crippen LogP contribution in [0.15, 0.2) is 18.2 Å². The number of carbonyl (C=O) groups excluding carboxylic acids is 1. The van der Waals surface area contributed by atoms with E-state index >= 15 is 0 Å². The van der Waals surface area contributed by atoms with Crippen molar-refractivity contribution in [3.63, 3.8) is 0 Å². The third-order valence-electron chi connectivity index (χ3n) is 3.20. The largest absolute Gasteiger partial charge is 0.286 e. The Bertz CT molecular complexity index is 512. The van der Waals surface area contributed by atoms with Gasteiger partial charge in [-0.15, -0.1) is 0 Å². The van der Waals surface area contributed by atoms with Crippen LogP contribution in [0.2, 0.25) is 0 Å². The molecule has 0 aliphatic rings. The molecule has 0 saturated carbocycles. The predicted octanol–water partition coefficient (Wildman–Crippen LogP) is 3.36. The second-order valence-electron chi connectivity index (χ2n) is 5.11. The zero-order valence-corrected chi connectivity index (χ0v) is 11.3. The number of amides is 1. The molecule has 1 amide bonds. The Morgan fingerprint density at radius 3 is 2.25 bits per heavy atom. The number of rotatable bonds is 4. The minimum absolute atomic E-state index is 0.00767. The first-order valence-corrected chi connectivity index (χ1v) is 5.79. The lowest BCUT2D eigenvalue weighted by Crippen LogP contribution is -2.48. The fourth-order valence-electron chi connectivity index (χ4n) is 1.39. The van der Waals surface area contributed by atoms with Crippen molar-refractivity contribution in [1.29, 1.82) is 0 Å². The molecule has 0 aliphatic heterocycles. The highest BCUT2D eigenvalue weighted by Gasteiger charge is 2.49. The van der Waals surface area contributed by atoms with E-state index in [4.69, 9.17) is 0 Å². The zero-order chi connectivity index (χ0) is 15.7. The molecule has 112 valence electrons. The van der Waals surface area contributed by atoms with Gasteiger partial charge in [-0.1, -0.05) is 6.07 Å². The highest BCUT2D eigenvalue weighted by Crippen LogP contribution is 2.37. The van der Waals surface area contributed by atoms with E-state index in [-0.39, 0.29) is 10.6 Å². The molecule has 0 atom stereocenters. The Kier molecular flexibility index (Phi) is 4.43. The summed E-state index contributed by atoms with van der Waals surface area (Å²) >= 11 is 0. The van der Waals surface area contributed by atoms with E-state index in [2.05, 4.69) is 0 Å². The molecule has 20 heavy (non-hydrogen) atoms. The molecular weight excluding hydrogens is 278 g/mol. The van der Waals surface area contributed by atoms with E-state index in [1.54, 1.807) is 0 Å². The van der Waals surface area contributed by atoms with Crippen molar-refractivity contribution in [2.75, 3.05) is 0 Å². The van der Waals surface area contributed by atoms with Crippen LogP contribution in [-0.4, -0.2) is 22.1 Å². The van der Waals surface area contributed by atoms with Crippen LogP contribution >= 0.6 is 0 Å². The normalized spacial score (nSPS) is 12.4. The zero-order valence-electron chi connectivity index (χ0n) is 11.3. The van der Waals surface area contributed by atoms with E-state index in [9.17, 15) is 27.6 Å². The van der Waals surface area contributed by atoms with Gasteiger partial charge >= 0.3 is 0 Å². The van der Waals surface area contributed by atoms with Crippen molar-refractivity contribution >= 4 is 5.91 Å². The van der Waals surface area contributed by atoms with Gasteiger partial charge in [-0.2, -0.15) is 0 Å². The topological polar surface area (TPSA) is 40.5 Å². The van der Waals surface area contributed by atoms with Crippen LogP contribution in [0, 0.1) is 17.0 Å². The third-order valence-corrected chi connectivity index (χ3v) is 3.20. The Labute approximate surface area is 113 Å². The summed E-state index contributed by atoms with van der Waals surface area (Å²) < 4.78 is 52.7. The van der Waals surface area contributed by atoms with Crippen LogP contribution in [0.3, 0.4) is 0 Å². The Balaban J connectivity index is 2.91. The Morgan fingerprint density at radius 2 is 1.80 bits per heavy atom. The molecule has 1 rings (SSSR count). The van der Waals surface area contributed by atoms with Gasteiger partial charge in [-0.05, 0) is 19.9 Å². The lowest BCUT2D eigenvalue weighted by atomic mass is 9.85. The van der Waals surface area contributed by atoms with Crippen molar-refractivity contribution in [2.45, 2.75) is 33.2 Å². The lowest BCUT2D eigenvalue weighted by Gasteiger charge is -2.32. The van der Waals surface area contributed by atoms with Crippen molar-refractivity contribution < 1.29 is 27.6 Å². The summed E-state index contributed by atoms with van der Waals surface area (Å²) in [7, 11) is 0. The second kappa shape index (κ2) is 5.40. The van der Waals surface area contributed by atoms with Gasteiger partial charge in [0.1, 0.15) is 17.0 Å². The monoisotopic (exact) mass is 293 g/mol. The molecule has 3 nitrogen and oxygen atoms in total. The molecule has 0 unspecified atom stereocenters. The van der Waals surface area contributed by atoms with Crippen LogP contribution in [0.25, 0.3) is 0 Å². The minimum Gasteiger partial charge on any atom is -0.286 e. The van der Waals surface area contributed by atoms with Crippen LogP contribution in [0.1, 0.15) is 26.3 Å². The molecule has 1 aromatic rings. The van der Waals surface area contributed by atoms with Gasteiger partial charge in [0.25, 0.3) is 11.8 Å². The molecule has 7 heteroatoms. The van der Waals surface area contributed by atoms with Gasteiger partial charge < -0.3 is 0 Å². The molecule has 0 bridgehead atoms. The number of nitrogens with zero attached hydrogens (tertiary/aromatic N) is 1. The average molecular weight is 293 g/mol. The number of hydrogen-bond donors (Lipinski definition) is 1. The highest BCUT2D eigenvalue weighted by molar-refractivity contribution is 5.82. The average Bonchev–Trinajstić information content (AvgIpc) is 2.30. The lowest BCUT2D eigenvalue weighted by molar-refractivity contribution is -0.196. The maximum absolute atomic E-state index is 13.4. The number of halogens is 4. The summed E-state index contributed by atoms with van der Waals surface area (Å²) in [5, 5.41) is 9.56. The molecule has 0 radical (unpaired) electrons. The van der Waals surface area contributed by atoms with Crippen molar-refractivity contribution in [3.8, 4) is 0 Å². The first-order valence-electron chi connectivity index (χ1n) is 5.79. The quantitative estimate of drug-likeness (QED) is 0.525. The standard InChI is InChI=1S/C13H15F4NO2/c1-12(2,13(3,16)17)11(19)18(20)7-8-4-5-9(14)6-10(8)15/h4-6,20H,7H2,1-3H3. The van der Waals surface area contributed by atoms with Gasteiger partial charge in [0.15, 0.2) is 0 Å². The molecular formula is C13H15F4NO2. The van der Waals surface area contributed by atoms with Gasteiger partial charge in [0.2, 0.25) is 0 Å². The van der Waals surface area contributed by atoms with E-state index in [1.807, 2.05) is 0 Å². The molecule has 1 N–H and O–H groups in total. The maximum atomic E-state index is 13.4. The van der Waals surface area contributed by atoms with Crippen molar-refractivity contribution in [2.24, 2.45) is 5.41 Å². The SMILES string of the molecule is CC(F)(F)C(C)(C)C(=O)N(O)Cc1ccc(F)cc1F. The Morgan fingerprint density at radius 1 is 1.25 bits per heavy atom. The molecule has 1 aromatic carbocycles. The fraction of sp³-hybridized carbons (Fsp3) is 0.462. The summed E-state index contributed by atoms with van der Waals surface area (Å²) in [6, 6.07) is 2.54. The van der Waals surface area contributed by atoms with E-state index in [1.165, 1.54) is 0 Å². The number of benzene rings is 1. The molecule has 0 saturated heterocycles. The highest BCUT2D eigenvalue weighted by atomic mass is 19.3. The predicted molar refractivity (Wildman–Crippen MR) is 63.1 cm³/mol. The van der Waals surface area contributed by atoms with Crippen LogP contribution < -0.4 is 0 Å². The fourth-order valence-corrected chi connectivity index (χ4v) is 1.39. The van der Waals surface area contributed by atoms with E-state index < -0.39 is 35.4 Å². The first-order chi connectivity index (χ1) is 8.96. The summed E-state index contributed by atoms with van der Waals surface area (Å²) in [4.78, 5) is 11.8. The number of hydrogen-bond acceptors (Lipinski definition) is 2. The summed E-state index contributed by atoms with van der Waals surface area (Å²) in [6.07, 6.45) is 0. The summed E-state index contributed by atoms with van der Waals surface area (Å²) in [6.45, 7) is 1.85. The molecule has 0 aromatic heterocycles.